The van der Waals surface area contributed by atoms with E-state index in [1.165, 1.54) is 0 Å². The van der Waals surface area contributed by atoms with E-state index in [4.69, 9.17) is 9.47 Å². The van der Waals surface area contributed by atoms with Crippen molar-refractivity contribution in [3.63, 3.8) is 0 Å². The molecule has 5 nitrogen and oxygen atoms in total. The van der Waals surface area contributed by atoms with Crippen molar-refractivity contribution in [1.29, 1.82) is 0 Å². The van der Waals surface area contributed by atoms with Crippen LogP contribution >= 0.6 is 0 Å². The minimum absolute atomic E-state index is 0.295. The Morgan fingerprint density at radius 1 is 0.960 bits per heavy atom. The Morgan fingerprint density at radius 2 is 1.72 bits per heavy atom. The minimum atomic E-state index is -0.493. The summed E-state index contributed by atoms with van der Waals surface area (Å²) in [6.45, 7) is 0.858. The highest BCUT2D eigenvalue weighted by molar-refractivity contribution is 5.37. The van der Waals surface area contributed by atoms with Gasteiger partial charge in [0.25, 0.3) is 0 Å². The zero-order valence-corrected chi connectivity index (χ0v) is 14.0. The number of ether oxygens (including phenoxy) is 2. The number of para-hydroxylation sites is 1. The number of aliphatic hydroxyl groups is 1. The number of imidazole rings is 1. The number of nitrogens with zero attached hydrogens (tertiary/aromatic N) is 2. The summed E-state index contributed by atoms with van der Waals surface area (Å²) in [5.74, 6) is 1.59. The van der Waals surface area contributed by atoms with Crippen LogP contribution in [0.25, 0.3) is 5.69 Å². The van der Waals surface area contributed by atoms with Gasteiger partial charge in [0.2, 0.25) is 0 Å². The Kier molecular flexibility index (Phi) is 6.06. The molecule has 1 aromatic heterocycles. The molecule has 2 aromatic carbocycles. The van der Waals surface area contributed by atoms with Gasteiger partial charge in [-0.2, -0.15) is 0 Å². The largest absolute Gasteiger partial charge is 0.494 e. The van der Waals surface area contributed by atoms with Crippen LogP contribution in [0.15, 0.2) is 73.3 Å². The van der Waals surface area contributed by atoms with Gasteiger partial charge in [-0.1, -0.05) is 18.2 Å². The normalized spacial score (nSPS) is 11.9. The standard InChI is InChI=1S/C20H22N2O3/c23-18(15-25-19-6-2-1-3-7-19)5-4-14-24-20-10-8-17(9-11-20)22-13-12-21-16-22/h1-3,6-13,16,18,23H,4-5,14-15H2. The predicted octanol–water partition coefficient (Wildman–Crippen LogP) is 3.47. The van der Waals surface area contributed by atoms with E-state index in [0.29, 0.717) is 19.6 Å². The third-order valence-electron chi connectivity index (χ3n) is 3.78. The SMILES string of the molecule is OC(CCCOc1ccc(-n2ccnc2)cc1)COc1ccccc1. The molecule has 1 unspecified atom stereocenters. The molecule has 1 N–H and O–H groups in total. The van der Waals surface area contributed by atoms with Crippen LogP contribution in [0, 0.1) is 0 Å². The number of rotatable bonds is 9. The van der Waals surface area contributed by atoms with Crippen molar-refractivity contribution >= 4 is 0 Å². The lowest BCUT2D eigenvalue weighted by Crippen LogP contribution is -2.18. The van der Waals surface area contributed by atoms with Crippen LogP contribution in [0.4, 0.5) is 0 Å². The van der Waals surface area contributed by atoms with Crippen LogP contribution in [0.3, 0.4) is 0 Å². The maximum atomic E-state index is 9.96. The molecule has 0 aliphatic carbocycles. The first-order valence-electron chi connectivity index (χ1n) is 8.38. The van der Waals surface area contributed by atoms with Gasteiger partial charge in [-0.15, -0.1) is 0 Å². The molecule has 0 radical (unpaired) electrons. The van der Waals surface area contributed by atoms with E-state index in [1.807, 2.05) is 65.4 Å². The molecule has 0 bridgehead atoms. The first-order valence-corrected chi connectivity index (χ1v) is 8.38. The summed E-state index contributed by atoms with van der Waals surface area (Å²) >= 11 is 0. The molecular formula is C20H22N2O3. The summed E-state index contributed by atoms with van der Waals surface area (Å²) in [7, 11) is 0. The van der Waals surface area contributed by atoms with Gasteiger partial charge in [-0.25, -0.2) is 4.98 Å². The molecule has 0 aliphatic rings. The fourth-order valence-electron chi connectivity index (χ4n) is 2.43. The van der Waals surface area contributed by atoms with Crippen LogP contribution < -0.4 is 9.47 Å². The predicted molar refractivity (Wildman–Crippen MR) is 96.2 cm³/mol. The fourth-order valence-corrected chi connectivity index (χ4v) is 2.43. The zero-order valence-electron chi connectivity index (χ0n) is 14.0. The van der Waals surface area contributed by atoms with E-state index in [1.54, 1.807) is 12.5 Å². The molecule has 0 saturated heterocycles. The van der Waals surface area contributed by atoms with Gasteiger partial charge in [0, 0.05) is 18.1 Å². The van der Waals surface area contributed by atoms with Gasteiger partial charge in [0.05, 0.1) is 19.0 Å². The molecule has 0 fully saturated rings. The van der Waals surface area contributed by atoms with Crippen molar-refractivity contribution < 1.29 is 14.6 Å². The molecule has 0 spiro atoms. The second-order valence-corrected chi connectivity index (χ2v) is 5.73. The molecule has 1 atom stereocenters. The second-order valence-electron chi connectivity index (χ2n) is 5.73. The van der Waals surface area contributed by atoms with Crippen LogP contribution in [0.1, 0.15) is 12.8 Å². The average Bonchev–Trinajstić information content (AvgIpc) is 3.20. The average molecular weight is 338 g/mol. The lowest BCUT2D eigenvalue weighted by atomic mass is 10.2. The van der Waals surface area contributed by atoms with Crippen LogP contribution in [-0.2, 0) is 0 Å². The Balaban J connectivity index is 1.34. The molecular weight excluding hydrogens is 316 g/mol. The maximum Gasteiger partial charge on any atom is 0.119 e. The van der Waals surface area contributed by atoms with Gasteiger partial charge in [0.1, 0.15) is 18.1 Å². The van der Waals surface area contributed by atoms with Gasteiger partial charge in [-0.05, 0) is 49.2 Å². The van der Waals surface area contributed by atoms with Gasteiger partial charge < -0.3 is 19.1 Å². The van der Waals surface area contributed by atoms with Crippen LogP contribution in [0.2, 0.25) is 0 Å². The second kappa shape index (κ2) is 8.89. The Labute approximate surface area is 147 Å². The smallest absolute Gasteiger partial charge is 0.119 e. The highest BCUT2D eigenvalue weighted by Gasteiger charge is 2.05. The number of aliphatic hydroxyl groups excluding tert-OH is 1. The van der Waals surface area contributed by atoms with Crippen molar-refractivity contribution in [3.8, 4) is 17.2 Å². The summed E-state index contributed by atoms with van der Waals surface area (Å²) in [6.07, 6.45) is 6.32. The van der Waals surface area contributed by atoms with Crippen molar-refractivity contribution in [3.05, 3.63) is 73.3 Å². The monoisotopic (exact) mass is 338 g/mol. The third-order valence-corrected chi connectivity index (χ3v) is 3.78. The Morgan fingerprint density at radius 3 is 2.44 bits per heavy atom. The zero-order chi connectivity index (χ0) is 17.3. The molecule has 3 aromatic rings. The third kappa shape index (κ3) is 5.36. The summed E-state index contributed by atoms with van der Waals surface area (Å²) in [4.78, 5) is 4.03. The Hall–Kier alpha value is -2.79. The molecule has 0 saturated carbocycles. The highest BCUT2D eigenvalue weighted by atomic mass is 16.5. The number of hydrogen-bond acceptors (Lipinski definition) is 4. The lowest BCUT2D eigenvalue weighted by Gasteiger charge is -2.13. The molecule has 5 heteroatoms. The quantitative estimate of drug-likeness (QED) is 0.607. The van der Waals surface area contributed by atoms with Crippen LogP contribution in [0.5, 0.6) is 11.5 Å². The topological polar surface area (TPSA) is 56.5 Å². The first kappa shape index (κ1) is 17.0. The first-order chi connectivity index (χ1) is 12.3. The summed E-state index contributed by atoms with van der Waals surface area (Å²) in [5.41, 5.74) is 1.04. The number of aromatic nitrogens is 2. The van der Waals surface area contributed by atoms with E-state index >= 15 is 0 Å². The van der Waals surface area contributed by atoms with Gasteiger partial charge in [-0.3, -0.25) is 0 Å². The highest BCUT2D eigenvalue weighted by Crippen LogP contribution is 2.16. The van der Waals surface area contributed by atoms with Crippen molar-refractivity contribution in [1.82, 2.24) is 9.55 Å². The number of hydrogen-bond donors (Lipinski definition) is 1. The Bertz CT molecular complexity index is 727. The van der Waals surface area contributed by atoms with Crippen molar-refractivity contribution in [2.45, 2.75) is 18.9 Å². The van der Waals surface area contributed by atoms with Gasteiger partial charge in [0.15, 0.2) is 0 Å². The maximum absolute atomic E-state index is 9.96. The molecule has 130 valence electrons. The molecule has 25 heavy (non-hydrogen) atoms. The lowest BCUT2D eigenvalue weighted by molar-refractivity contribution is 0.0938. The summed E-state index contributed by atoms with van der Waals surface area (Å²) < 4.78 is 13.2. The summed E-state index contributed by atoms with van der Waals surface area (Å²) in [5, 5.41) is 9.96. The van der Waals surface area contributed by atoms with E-state index in [-0.39, 0.29) is 0 Å². The molecule has 0 aliphatic heterocycles. The molecule has 3 rings (SSSR count). The fraction of sp³-hybridized carbons (Fsp3) is 0.250. The van der Waals surface area contributed by atoms with E-state index in [0.717, 1.165) is 23.6 Å². The van der Waals surface area contributed by atoms with E-state index in [9.17, 15) is 5.11 Å². The minimum Gasteiger partial charge on any atom is -0.494 e. The molecule has 0 amide bonds. The number of benzene rings is 2. The van der Waals surface area contributed by atoms with Crippen molar-refractivity contribution in [2.24, 2.45) is 0 Å². The van der Waals surface area contributed by atoms with Gasteiger partial charge >= 0.3 is 0 Å². The van der Waals surface area contributed by atoms with Crippen LogP contribution in [-0.4, -0.2) is 34.0 Å². The molecule has 1 heterocycles. The van der Waals surface area contributed by atoms with E-state index < -0.39 is 6.10 Å². The summed E-state index contributed by atoms with van der Waals surface area (Å²) in [6, 6.07) is 17.4. The van der Waals surface area contributed by atoms with E-state index in [2.05, 4.69) is 4.98 Å². The van der Waals surface area contributed by atoms with Crippen molar-refractivity contribution in [2.75, 3.05) is 13.2 Å².